The van der Waals surface area contributed by atoms with Crippen LogP contribution in [-0.2, 0) is 9.59 Å². The van der Waals surface area contributed by atoms with Crippen molar-refractivity contribution in [2.45, 2.75) is 32.1 Å². The summed E-state index contributed by atoms with van der Waals surface area (Å²) in [6, 6.07) is 14.9. The van der Waals surface area contributed by atoms with E-state index in [1.165, 1.54) is 22.1 Å². The Hall–Kier alpha value is -3.48. The molecule has 0 bridgehead atoms. The van der Waals surface area contributed by atoms with Crippen LogP contribution in [0.1, 0.15) is 37.7 Å². The summed E-state index contributed by atoms with van der Waals surface area (Å²) in [7, 11) is 0. The Balaban J connectivity index is 1.42. The Morgan fingerprint density at radius 1 is 0.938 bits per heavy atom. The van der Waals surface area contributed by atoms with Crippen LogP contribution in [0.25, 0.3) is 5.57 Å². The lowest BCUT2D eigenvalue weighted by Crippen LogP contribution is -2.31. The van der Waals surface area contributed by atoms with Crippen molar-refractivity contribution in [2.24, 2.45) is 11.8 Å². The number of carbonyl (C=O) groups excluding carboxylic acids is 2. The average Bonchev–Trinajstić information content (AvgIpc) is 3.09. The minimum atomic E-state index is -0.423. The molecule has 2 heterocycles. The molecule has 0 radical (unpaired) electrons. The van der Waals surface area contributed by atoms with Crippen molar-refractivity contribution in [1.29, 1.82) is 0 Å². The van der Waals surface area contributed by atoms with E-state index in [2.05, 4.69) is 18.2 Å². The molecule has 2 amide bonds. The Kier molecular flexibility index (Phi) is 5.25. The summed E-state index contributed by atoms with van der Waals surface area (Å²) in [6.07, 6.45) is 6.22. The zero-order valence-corrected chi connectivity index (χ0v) is 17.8. The van der Waals surface area contributed by atoms with E-state index in [0.29, 0.717) is 24.5 Å². The molecule has 3 aliphatic rings. The molecule has 1 aliphatic carbocycles. The Morgan fingerprint density at radius 2 is 1.62 bits per heavy atom. The van der Waals surface area contributed by atoms with Gasteiger partial charge in [0.1, 0.15) is 5.69 Å². The summed E-state index contributed by atoms with van der Waals surface area (Å²) in [5.41, 5.74) is 3.15. The summed E-state index contributed by atoms with van der Waals surface area (Å²) in [5, 5.41) is 11.9. The summed E-state index contributed by atoms with van der Waals surface area (Å²) in [6.45, 7) is 1.22. The van der Waals surface area contributed by atoms with Crippen LogP contribution < -0.4 is 9.80 Å². The first kappa shape index (κ1) is 20.4. The minimum absolute atomic E-state index is 0.0745. The minimum Gasteiger partial charge on any atom is -0.362 e. The van der Waals surface area contributed by atoms with Gasteiger partial charge in [0.2, 0.25) is 11.8 Å². The molecular formula is C25H25N3O4. The zero-order valence-electron chi connectivity index (χ0n) is 17.8. The number of anilines is 2. The lowest BCUT2D eigenvalue weighted by atomic mass is 9.81. The summed E-state index contributed by atoms with van der Waals surface area (Å²) >= 11 is 0. The highest BCUT2D eigenvalue weighted by Crippen LogP contribution is 2.42. The second-order valence-electron chi connectivity index (χ2n) is 8.73. The zero-order chi connectivity index (χ0) is 22.2. The third kappa shape index (κ3) is 3.47. The van der Waals surface area contributed by atoms with Gasteiger partial charge in [0.15, 0.2) is 0 Å². The largest absolute Gasteiger partial charge is 0.362 e. The smallest absolute Gasteiger partial charge is 0.294 e. The van der Waals surface area contributed by atoms with Crippen molar-refractivity contribution in [3.05, 3.63) is 70.3 Å². The maximum absolute atomic E-state index is 12.9. The molecule has 2 atom stereocenters. The van der Waals surface area contributed by atoms with Crippen LogP contribution in [0.3, 0.4) is 0 Å². The van der Waals surface area contributed by atoms with Crippen molar-refractivity contribution < 1.29 is 14.5 Å². The SMILES string of the molecule is O=C1[C@H]2CCCC[C@@H]2C(=O)N1c1ccc(N2CC=C(c3ccccc3)CC2)c([N+](=O)[O-])c1. The van der Waals surface area contributed by atoms with E-state index in [4.69, 9.17) is 0 Å². The predicted octanol–water partition coefficient (Wildman–Crippen LogP) is 4.57. The van der Waals surface area contributed by atoms with Gasteiger partial charge < -0.3 is 4.90 Å². The number of rotatable bonds is 4. The Morgan fingerprint density at radius 3 is 2.22 bits per heavy atom. The highest BCUT2D eigenvalue weighted by molar-refractivity contribution is 6.22. The number of nitro benzene ring substituents is 1. The molecule has 0 unspecified atom stereocenters. The molecule has 0 N–H and O–H groups in total. The Labute approximate surface area is 186 Å². The highest BCUT2D eigenvalue weighted by atomic mass is 16.6. The van der Waals surface area contributed by atoms with Gasteiger partial charge in [0.05, 0.1) is 22.4 Å². The molecule has 0 aromatic heterocycles. The number of benzene rings is 2. The first-order valence-electron chi connectivity index (χ1n) is 11.2. The van der Waals surface area contributed by atoms with E-state index >= 15 is 0 Å². The van der Waals surface area contributed by atoms with Crippen LogP contribution in [0, 0.1) is 22.0 Å². The molecule has 5 rings (SSSR count). The molecule has 2 fully saturated rings. The molecule has 2 aliphatic heterocycles. The van der Waals surface area contributed by atoms with Gasteiger partial charge in [-0.1, -0.05) is 49.2 Å². The van der Waals surface area contributed by atoms with Gasteiger partial charge >= 0.3 is 0 Å². The van der Waals surface area contributed by atoms with Gasteiger partial charge in [0, 0.05) is 19.2 Å². The number of nitro groups is 1. The predicted molar refractivity (Wildman–Crippen MR) is 122 cm³/mol. The quantitative estimate of drug-likeness (QED) is 0.402. The van der Waals surface area contributed by atoms with Crippen LogP contribution in [0.4, 0.5) is 17.1 Å². The second-order valence-corrected chi connectivity index (χ2v) is 8.73. The number of carbonyl (C=O) groups is 2. The number of imide groups is 1. The number of amides is 2. The summed E-state index contributed by atoms with van der Waals surface area (Å²) in [5.74, 6) is -0.984. The maximum Gasteiger partial charge on any atom is 0.294 e. The van der Waals surface area contributed by atoms with E-state index in [0.717, 1.165) is 32.1 Å². The first-order valence-corrected chi connectivity index (χ1v) is 11.2. The monoisotopic (exact) mass is 431 g/mol. The van der Waals surface area contributed by atoms with Crippen molar-refractivity contribution in [2.75, 3.05) is 22.9 Å². The van der Waals surface area contributed by atoms with E-state index in [1.807, 2.05) is 23.1 Å². The molecule has 1 saturated heterocycles. The van der Waals surface area contributed by atoms with Gasteiger partial charge in [-0.15, -0.1) is 0 Å². The molecule has 7 nitrogen and oxygen atoms in total. The van der Waals surface area contributed by atoms with Crippen LogP contribution >= 0.6 is 0 Å². The maximum atomic E-state index is 12.9. The number of hydrogen-bond acceptors (Lipinski definition) is 5. The fourth-order valence-corrected chi connectivity index (χ4v) is 5.28. The summed E-state index contributed by atoms with van der Waals surface area (Å²) < 4.78 is 0. The highest BCUT2D eigenvalue weighted by Gasteiger charge is 2.49. The summed E-state index contributed by atoms with van der Waals surface area (Å²) in [4.78, 5) is 40.5. The molecule has 0 spiro atoms. The topological polar surface area (TPSA) is 83.8 Å². The number of nitrogens with zero attached hydrogens (tertiary/aromatic N) is 3. The van der Waals surface area contributed by atoms with Crippen LogP contribution in [-0.4, -0.2) is 29.8 Å². The second kappa shape index (κ2) is 8.22. The number of fused-ring (bicyclic) bond motifs is 1. The van der Waals surface area contributed by atoms with E-state index < -0.39 is 4.92 Å². The lowest BCUT2D eigenvalue weighted by Gasteiger charge is -2.28. The first-order chi connectivity index (χ1) is 15.5. The average molecular weight is 431 g/mol. The standard InChI is InChI=1S/C25H25N3O4/c29-24-20-8-4-5-9-21(20)25(30)27(24)19-10-11-22(23(16-19)28(31)32)26-14-12-18(13-15-26)17-6-2-1-3-7-17/h1-3,6-7,10-12,16,20-21H,4-5,8-9,13-15H2/t20-,21-/m0/s1. The van der Waals surface area contributed by atoms with Gasteiger partial charge in [0.25, 0.3) is 5.69 Å². The fourth-order valence-electron chi connectivity index (χ4n) is 5.28. The van der Waals surface area contributed by atoms with Crippen LogP contribution in [0.2, 0.25) is 0 Å². The molecular weight excluding hydrogens is 406 g/mol. The molecule has 32 heavy (non-hydrogen) atoms. The van der Waals surface area contributed by atoms with Crippen molar-refractivity contribution in [3.63, 3.8) is 0 Å². The normalized spacial score (nSPS) is 23.2. The lowest BCUT2D eigenvalue weighted by molar-refractivity contribution is -0.384. The molecule has 2 aromatic carbocycles. The van der Waals surface area contributed by atoms with E-state index in [1.54, 1.807) is 12.1 Å². The van der Waals surface area contributed by atoms with Gasteiger partial charge in [-0.2, -0.15) is 0 Å². The third-order valence-electron chi connectivity index (χ3n) is 6.95. The van der Waals surface area contributed by atoms with Crippen molar-refractivity contribution in [3.8, 4) is 0 Å². The van der Waals surface area contributed by atoms with Gasteiger partial charge in [-0.25, -0.2) is 4.90 Å². The Bertz CT molecular complexity index is 1090. The van der Waals surface area contributed by atoms with Gasteiger partial charge in [-0.3, -0.25) is 19.7 Å². The van der Waals surface area contributed by atoms with Crippen LogP contribution in [0.15, 0.2) is 54.6 Å². The van der Waals surface area contributed by atoms with Crippen molar-refractivity contribution in [1.82, 2.24) is 0 Å². The molecule has 7 heteroatoms. The van der Waals surface area contributed by atoms with E-state index in [9.17, 15) is 19.7 Å². The van der Waals surface area contributed by atoms with E-state index in [-0.39, 0.29) is 29.3 Å². The number of hydrogen-bond donors (Lipinski definition) is 0. The fraction of sp³-hybridized carbons (Fsp3) is 0.360. The third-order valence-corrected chi connectivity index (χ3v) is 6.95. The molecule has 164 valence electrons. The molecule has 2 aromatic rings. The van der Waals surface area contributed by atoms with Gasteiger partial charge in [-0.05, 0) is 42.5 Å². The molecule has 1 saturated carbocycles. The van der Waals surface area contributed by atoms with Crippen molar-refractivity contribution >= 4 is 34.4 Å². The van der Waals surface area contributed by atoms with Crippen LogP contribution in [0.5, 0.6) is 0 Å².